The minimum Gasteiger partial charge on any atom is -0.480 e. The number of carboxylic acids is 1. The summed E-state index contributed by atoms with van der Waals surface area (Å²) in [7, 11) is 0. The molecule has 0 aliphatic heterocycles. The molecular formula is C24H43N11O5S. The van der Waals surface area contributed by atoms with Crippen LogP contribution in [0.1, 0.15) is 44.2 Å². The van der Waals surface area contributed by atoms with Gasteiger partial charge in [-0.15, -0.1) is 0 Å². The number of aliphatic carboxylic acids is 1. The maximum atomic E-state index is 13.5. The van der Waals surface area contributed by atoms with Crippen molar-refractivity contribution in [3.8, 4) is 0 Å². The minimum absolute atomic E-state index is 0.0675. The summed E-state index contributed by atoms with van der Waals surface area (Å²) in [6.45, 7) is 0.517. The summed E-state index contributed by atoms with van der Waals surface area (Å²) in [5.74, 6) is -3.31. The third-order valence-corrected chi connectivity index (χ3v) is 6.66. The molecule has 1 heterocycles. The number of nitrogens with one attached hydrogen (secondary N) is 3. The molecular weight excluding hydrogens is 554 g/mol. The second-order valence-electron chi connectivity index (χ2n) is 9.39. The van der Waals surface area contributed by atoms with Crippen molar-refractivity contribution in [2.24, 2.45) is 44.6 Å². The number of hydrogen-bond donors (Lipinski definition) is 9. The number of carbonyl (C=O) groups is 4. The highest BCUT2D eigenvalue weighted by molar-refractivity contribution is 7.98. The summed E-state index contributed by atoms with van der Waals surface area (Å²) >= 11 is 1.45. The predicted octanol–water partition coefficient (Wildman–Crippen LogP) is -2.23. The number of ketones is 1. The molecule has 0 bridgehead atoms. The lowest BCUT2D eigenvalue weighted by atomic mass is 9.91. The third-order valence-electron chi connectivity index (χ3n) is 6.02. The fraction of sp³-hybridized carbons (Fsp3) is 0.625. The number of aromatic amines is 1. The van der Waals surface area contributed by atoms with Crippen LogP contribution in [-0.4, -0.2) is 93.8 Å². The number of nitrogens with two attached hydrogens (primary N) is 5. The molecule has 14 N–H and O–H groups in total. The number of imidazole rings is 1. The lowest BCUT2D eigenvalue weighted by Crippen LogP contribution is -2.50. The molecule has 4 atom stereocenters. The maximum Gasteiger partial charge on any atom is 0.326 e. The number of thioether (sulfide) groups is 1. The van der Waals surface area contributed by atoms with Crippen molar-refractivity contribution in [2.75, 3.05) is 25.1 Å². The van der Waals surface area contributed by atoms with Gasteiger partial charge in [-0.1, -0.05) is 0 Å². The van der Waals surface area contributed by atoms with Gasteiger partial charge in [0.25, 0.3) is 0 Å². The van der Waals surface area contributed by atoms with Crippen LogP contribution in [0.25, 0.3) is 0 Å². The zero-order valence-corrected chi connectivity index (χ0v) is 24.1. The van der Waals surface area contributed by atoms with Crippen molar-refractivity contribution in [2.45, 2.75) is 63.1 Å². The van der Waals surface area contributed by atoms with Crippen molar-refractivity contribution in [3.05, 3.63) is 18.2 Å². The highest BCUT2D eigenvalue weighted by atomic mass is 32.2. The average Bonchev–Trinajstić information content (AvgIpc) is 3.42. The Bertz CT molecular complexity index is 1030. The topological polar surface area (TPSA) is 296 Å². The Labute approximate surface area is 243 Å². The standard InChI is InChI=1S/C24H43N11O5S/c1-41-9-6-18(22(39)40)35-20(37)14(10-15-12-30-13-33-15)11-19(36)17(5-3-8-32-24(28)29)34-21(38)16(25)4-2-7-31-23(26)27/h12-14,16-18H,2-11,25H2,1H3,(H,30,33)(H,34,38)(H,35,37)(H,39,40)(H4,26,27,31)(H4,28,29,32). The van der Waals surface area contributed by atoms with E-state index in [0.717, 1.165) is 0 Å². The lowest BCUT2D eigenvalue weighted by Gasteiger charge is -2.23. The molecule has 16 nitrogen and oxygen atoms in total. The van der Waals surface area contributed by atoms with E-state index in [1.165, 1.54) is 24.3 Å². The molecule has 2 amide bonds. The first-order chi connectivity index (χ1) is 19.4. The molecule has 1 rings (SSSR count). The Hall–Kier alpha value is -3.86. The van der Waals surface area contributed by atoms with Gasteiger partial charge in [0.05, 0.1) is 24.3 Å². The van der Waals surface area contributed by atoms with Crippen LogP contribution in [0.4, 0.5) is 0 Å². The fourth-order valence-electron chi connectivity index (χ4n) is 3.83. The molecule has 0 aliphatic carbocycles. The van der Waals surface area contributed by atoms with Crippen LogP contribution in [0.3, 0.4) is 0 Å². The first-order valence-electron chi connectivity index (χ1n) is 13.1. The number of hydrogen-bond acceptors (Lipinski definition) is 9. The van der Waals surface area contributed by atoms with Gasteiger partial charge in [-0.2, -0.15) is 11.8 Å². The van der Waals surface area contributed by atoms with Gasteiger partial charge >= 0.3 is 5.97 Å². The monoisotopic (exact) mass is 597 g/mol. The molecule has 4 unspecified atom stereocenters. The Kier molecular flexibility index (Phi) is 16.5. The molecule has 0 saturated heterocycles. The summed E-state index contributed by atoms with van der Waals surface area (Å²) in [5.41, 5.74) is 28.0. The van der Waals surface area contributed by atoms with Crippen molar-refractivity contribution in [3.63, 3.8) is 0 Å². The van der Waals surface area contributed by atoms with Gasteiger partial charge < -0.3 is 49.4 Å². The number of carbonyl (C=O) groups excluding carboxylic acids is 3. The number of aromatic nitrogens is 2. The van der Waals surface area contributed by atoms with E-state index >= 15 is 0 Å². The molecule has 0 aliphatic rings. The number of guanidine groups is 2. The molecule has 0 spiro atoms. The lowest BCUT2D eigenvalue weighted by molar-refractivity contribution is -0.142. The second kappa shape index (κ2) is 19.3. The van der Waals surface area contributed by atoms with Gasteiger partial charge in [0.2, 0.25) is 11.8 Å². The fourth-order valence-corrected chi connectivity index (χ4v) is 4.30. The van der Waals surface area contributed by atoms with Crippen LogP contribution in [0.5, 0.6) is 0 Å². The summed E-state index contributed by atoms with van der Waals surface area (Å²) in [6, 6.07) is -3.01. The van der Waals surface area contributed by atoms with E-state index in [9.17, 15) is 24.3 Å². The van der Waals surface area contributed by atoms with Crippen LogP contribution in [-0.2, 0) is 25.6 Å². The molecule has 1 aromatic rings. The zero-order valence-electron chi connectivity index (χ0n) is 23.3. The Balaban J connectivity index is 3.05. The number of carboxylic acid groups (broad SMARTS) is 1. The number of H-pyrrole nitrogens is 1. The second-order valence-corrected chi connectivity index (χ2v) is 10.4. The van der Waals surface area contributed by atoms with E-state index in [1.807, 2.05) is 6.26 Å². The van der Waals surface area contributed by atoms with E-state index in [2.05, 4.69) is 30.6 Å². The smallest absolute Gasteiger partial charge is 0.326 e. The molecule has 17 heteroatoms. The van der Waals surface area contributed by atoms with E-state index in [-0.39, 0.29) is 50.6 Å². The van der Waals surface area contributed by atoms with E-state index in [0.29, 0.717) is 30.8 Å². The van der Waals surface area contributed by atoms with Gasteiger partial charge in [-0.25, -0.2) is 9.78 Å². The number of amides is 2. The van der Waals surface area contributed by atoms with Crippen molar-refractivity contribution < 1.29 is 24.3 Å². The highest BCUT2D eigenvalue weighted by Gasteiger charge is 2.31. The van der Waals surface area contributed by atoms with Crippen molar-refractivity contribution in [1.29, 1.82) is 0 Å². The minimum atomic E-state index is -1.17. The number of rotatable bonds is 21. The summed E-state index contributed by atoms with van der Waals surface area (Å²) < 4.78 is 0. The number of Topliss-reactive ketones (excluding diaryl/α,β-unsaturated/α-hetero) is 1. The summed E-state index contributed by atoms with van der Waals surface area (Å²) in [4.78, 5) is 65.8. The largest absolute Gasteiger partial charge is 0.480 e. The molecule has 0 aromatic carbocycles. The Morgan fingerprint density at radius 1 is 0.976 bits per heavy atom. The number of aliphatic imine (C=N–C) groups is 2. The van der Waals surface area contributed by atoms with Crippen molar-refractivity contribution >= 4 is 47.2 Å². The first kappa shape index (κ1) is 35.2. The van der Waals surface area contributed by atoms with E-state index in [1.54, 1.807) is 0 Å². The molecule has 0 radical (unpaired) electrons. The SMILES string of the molecule is CSCCC(NC(=O)C(CC(=O)C(CCCN=C(N)N)NC(=O)C(N)CCCN=C(N)N)Cc1cnc[nH]1)C(=O)O. The first-order valence-corrected chi connectivity index (χ1v) is 14.5. The van der Waals surface area contributed by atoms with Crippen LogP contribution < -0.4 is 39.3 Å². The Morgan fingerprint density at radius 3 is 2.12 bits per heavy atom. The van der Waals surface area contributed by atoms with E-state index in [4.69, 9.17) is 28.7 Å². The van der Waals surface area contributed by atoms with Crippen LogP contribution in [0, 0.1) is 5.92 Å². The van der Waals surface area contributed by atoms with Crippen LogP contribution >= 0.6 is 11.8 Å². The zero-order chi connectivity index (χ0) is 30.8. The third kappa shape index (κ3) is 14.9. The molecule has 1 aromatic heterocycles. The molecule has 0 fully saturated rings. The van der Waals surface area contributed by atoms with Gasteiger partial charge in [-0.05, 0) is 44.1 Å². The number of nitrogens with zero attached hydrogens (tertiary/aromatic N) is 3. The average molecular weight is 598 g/mol. The molecule has 41 heavy (non-hydrogen) atoms. The summed E-state index contributed by atoms with van der Waals surface area (Å²) in [6.07, 6.45) is 6.11. The van der Waals surface area contributed by atoms with Gasteiger partial charge in [0.15, 0.2) is 17.7 Å². The van der Waals surface area contributed by atoms with Crippen LogP contribution in [0.2, 0.25) is 0 Å². The molecule has 230 valence electrons. The predicted molar refractivity (Wildman–Crippen MR) is 158 cm³/mol. The Morgan fingerprint density at radius 2 is 1.59 bits per heavy atom. The quantitative estimate of drug-likeness (QED) is 0.0413. The van der Waals surface area contributed by atoms with Crippen LogP contribution in [0.15, 0.2) is 22.5 Å². The summed E-state index contributed by atoms with van der Waals surface area (Å²) in [5, 5.41) is 14.8. The van der Waals surface area contributed by atoms with Gasteiger partial charge in [0.1, 0.15) is 6.04 Å². The van der Waals surface area contributed by atoms with Crippen molar-refractivity contribution in [1.82, 2.24) is 20.6 Å². The highest BCUT2D eigenvalue weighted by Crippen LogP contribution is 2.16. The van der Waals surface area contributed by atoms with Gasteiger partial charge in [-0.3, -0.25) is 24.4 Å². The normalized spacial score (nSPS) is 13.7. The van der Waals surface area contributed by atoms with Gasteiger partial charge in [0, 0.05) is 37.8 Å². The maximum absolute atomic E-state index is 13.5. The van der Waals surface area contributed by atoms with E-state index < -0.39 is 47.6 Å². The molecule has 0 saturated carbocycles.